The van der Waals surface area contributed by atoms with Crippen molar-refractivity contribution in [3.05, 3.63) is 10.6 Å². The maximum absolute atomic E-state index is 12.3. The van der Waals surface area contributed by atoms with Crippen LogP contribution in [0.4, 0.5) is 5.13 Å². The predicted molar refractivity (Wildman–Crippen MR) is 83.8 cm³/mol. The van der Waals surface area contributed by atoms with Crippen LogP contribution < -0.4 is 4.90 Å². The lowest BCUT2D eigenvalue weighted by Crippen LogP contribution is -2.32. The first-order valence-electron chi connectivity index (χ1n) is 7.80. The van der Waals surface area contributed by atoms with E-state index in [-0.39, 0.29) is 5.41 Å². The van der Waals surface area contributed by atoms with Crippen LogP contribution >= 0.6 is 11.3 Å². The summed E-state index contributed by atoms with van der Waals surface area (Å²) in [6, 6.07) is 0.635. The summed E-state index contributed by atoms with van der Waals surface area (Å²) >= 11 is 1.63. The van der Waals surface area contributed by atoms with Crippen LogP contribution in [0.3, 0.4) is 0 Å². The fourth-order valence-corrected chi connectivity index (χ4v) is 4.75. The summed E-state index contributed by atoms with van der Waals surface area (Å²) in [4.78, 5) is 20.5. The summed E-state index contributed by atoms with van der Waals surface area (Å²) in [6.45, 7) is 7.53. The number of carbonyl (C=O) groups excluding carboxylic acids is 1. The van der Waals surface area contributed by atoms with Gasteiger partial charge in [-0.3, -0.25) is 4.79 Å². The molecule has 0 aromatic carbocycles. The molecule has 3 rings (SSSR count). The Morgan fingerprint density at radius 2 is 2.00 bits per heavy atom. The van der Waals surface area contributed by atoms with Crippen molar-refractivity contribution in [1.29, 1.82) is 0 Å². The normalized spacial score (nSPS) is 22.1. The SMILES string of the molecule is CCN(c1nc2c(s1)C(=O)CC(C)(C)C2)C1CCCC1. The van der Waals surface area contributed by atoms with Gasteiger partial charge >= 0.3 is 0 Å². The van der Waals surface area contributed by atoms with E-state index >= 15 is 0 Å². The average molecular weight is 292 g/mol. The van der Waals surface area contributed by atoms with Gasteiger partial charge < -0.3 is 4.90 Å². The standard InChI is InChI=1S/C16H24N2OS/c1-4-18(11-7-5-6-8-11)15-17-12-9-16(2,3)10-13(19)14(12)20-15/h11H,4-10H2,1-3H3. The zero-order valence-electron chi connectivity index (χ0n) is 12.7. The van der Waals surface area contributed by atoms with Crippen molar-refractivity contribution in [3.8, 4) is 0 Å². The Morgan fingerprint density at radius 1 is 1.30 bits per heavy atom. The molecule has 1 saturated carbocycles. The van der Waals surface area contributed by atoms with E-state index in [1.54, 1.807) is 11.3 Å². The molecule has 4 heteroatoms. The highest BCUT2D eigenvalue weighted by Crippen LogP contribution is 2.40. The Labute approximate surface area is 125 Å². The van der Waals surface area contributed by atoms with Gasteiger partial charge in [-0.1, -0.05) is 38.0 Å². The van der Waals surface area contributed by atoms with E-state index < -0.39 is 0 Å². The van der Waals surface area contributed by atoms with E-state index in [0.717, 1.165) is 28.7 Å². The summed E-state index contributed by atoms with van der Waals surface area (Å²) in [5.74, 6) is 0.294. The summed E-state index contributed by atoms with van der Waals surface area (Å²) < 4.78 is 0. The highest BCUT2D eigenvalue weighted by atomic mass is 32.1. The van der Waals surface area contributed by atoms with Crippen molar-refractivity contribution in [1.82, 2.24) is 4.98 Å². The number of hydrogen-bond acceptors (Lipinski definition) is 4. The second-order valence-corrected chi connectivity index (χ2v) is 7.92. The van der Waals surface area contributed by atoms with Crippen LogP contribution in [-0.4, -0.2) is 23.4 Å². The molecular weight excluding hydrogens is 268 g/mol. The zero-order valence-corrected chi connectivity index (χ0v) is 13.6. The molecule has 110 valence electrons. The number of Topliss-reactive ketones (excluding diaryl/α,β-unsaturated/α-hetero) is 1. The number of anilines is 1. The van der Waals surface area contributed by atoms with Crippen molar-refractivity contribution >= 4 is 22.3 Å². The van der Waals surface area contributed by atoms with Crippen LogP contribution in [0.25, 0.3) is 0 Å². The average Bonchev–Trinajstić information content (AvgIpc) is 2.98. The number of rotatable bonds is 3. The molecule has 0 spiro atoms. The molecule has 3 nitrogen and oxygen atoms in total. The van der Waals surface area contributed by atoms with Gasteiger partial charge in [0.1, 0.15) is 0 Å². The van der Waals surface area contributed by atoms with Crippen LogP contribution in [0.1, 0.15) is 68.2 Å². The second-order valence-electron chi connectivity index (χ2n) is 6.94. The molecule has 0 N–H and O–H groups in total. The molecule has 2 aliphatic rings. The van der Waals surface area contributed by atoms with Crippen LogP contribution in [0.2, 0.25) is 0 Å². The molecule has 1 fully saturated rings. The number of aromatic nitrogens is 1. The van der Waals surface area contributed by atoms with Crippen molar-refractivity contribution in [2.24, 2.45) is 5.41 Å². The lowest BCUT2D eigenvalue weighted by Gasteiger charge is -2.27. The number of thiazole rings is 1. The summed E-state index contributed by atoms with van der Waals surface area (Å²) in [6.07, 6.45) is 6.81. The zero-order chi connectivity index (χ0) is 14.3. The highest BCUT2D eigenvalue weighted by Gasteiger charge is 2.35. The Bertz CT molecular complexity index is 515. The van der Waals surface area contributed by atoms with Crippen molar-refractivity contribution < 1.29 is 4.79 Å². The number of carbonyl (C=O) groups is 1. The second kappa shape index (κ2) is 5.14. The summed E-state index contributed by atoms with van der Waals surface area (Å²) in [5.41, 5.74) is 1.11. The first-order valence-corrected chi connectivity index (χ1v) is 8.61. The van der Waals surface area contributed by atoms with Gasteiger partial charge in [-0.25, -0.2) is 4.98 Å². The van der Waals surface area contributed by atoms with Gasteiger partial charge in [0.05, 0.1) is 10.6 Å². The number of hydrogen-bond donors (Lipinski definition) is 0. The number of nitrogens with zero attached hydrogens (tertiary/aromatic N) is 2. The van der Waals surface area contributed by atoms with Crippen LogP contribution in [-0.2, 0) is 6.42 Å². The van der Waals surface area contributed by atoms with Gasteiger partial charge in [-0.05, 0) is 31.6 Å². The molecule has 0 saturated heterocycles. The van der Waals surface area contributed by atoms with Gasteiger partial charge in [-0.2, -0.15) is 0 Å². The minimum atomic E-state index is 0.0693. The molecular formula is C16H24N2OS. The van der Waals surface area contributed by atoms with Crippen LogP contribution in [0.15, 0.2) is 0 Å². The third-order valence-electron chi connectivity index (χ3n) is 4.58. The molecule has 0 amide bonds. The number of fused-ring (bicyclic) bond motifs is 1. The topological polar surface area (TPSA) is 33.2 Å². The molecule has 2 aliphatic carbocycles. The monoisotopic (exact) mass is 292 g/mol. The first kappa shape index (κ1) is 14.1. The third-order valence-corrected chi connectivity index (χ3v) is 5.75. The summed E-state index contributed by atoms with van der Waals surface area (Å²) in [7, 11) is 0. The highest BCUT2D eigenvalue weighted by molar-refractivity contribution is 7.17. The molecule has 1 aromatic rings. The lowest BCUT2D eigenvalue weighted by atomic mass is 9.78. The smallest absolute Gasteiger partial charge is 0.186 e. The van der Waals surface area contributed by atoms with Gasteiger partial charge in [0.2, 0.25) is 0 Å². The van der Waals surface area contributed by atoms with E-state index in [0.29, 0.717) is 18.2 Å². The summed E-state index contributed by atoms with van der Waals surface area (Å²) in [5, 5.41) is 1.08. The Balaban J connectivity index is 1.90. The Kier molecular flexibility index (Phi) is 3.61. The molecule has 20 heavy (non-hydrogen) atoms. The third kappa shape index (κ3) is 2.50. The van der Waals surface area contributed by atoms with Crippen molar-refractivity contribution in [2.45, 2.75) is 65.3 Å². The van der Waals surface area contributed by atoms with E-state index in [2.05, 4.69) is 25.7 Å². The van der Waals surface area contributed by atoms with Crippen LogP contribution in [0.5, 0.6) is 0 Å². The predicted octanol–water partition coefficient (Wildman–Crippen LogP) is 4.07. The van der Waals surface area contributed by atoms with Gasteiger partial charge in [0, 0.05) is 19.0 Å². The van der Waals surface area contributed by atoms with Gasteiger partial charge in [0.15, 0.2) is 10.9 Å². The molecule has 1 aromatic heterocycles. The quantitative estimate of drug-likeness (QED) is 0.842. The van der Waals surface area contributed by atoms with E-state index in [9.17, 15) is 4.79 Å². The Hall–Kier alpha value is -0.900. The molecule has 0 radical (unpaired) electrons. The lowest BCUT2D eigenvalue weighted by molar-refractivity contribution is 0.0916. The van der Waals surface area contributed by atoms with E-state index in [1.165, 1.54) is 25.7 Å². The minimum Gasteiger partial charge on any atom is -0.345 e. The Morgan fingerprint density at radius 3 is 2.65 bits per heavy atom. The molecule has 0 aliphatic heterocycles. The molecule has 1 heterocycles. The van der Waals surface area contributed by atoms with Gasteiger partial charge in [0.25, 0.3) is 0 Å². The van der Waals surface area contributed by atoms with Crippen molar-refractivity contribution in [2.75, 3.05) is 11.4 Å². The largest absolute Gasteiger partial charge is 0.345 e. The van der Waals surface area contributed by atoms with E-state index in [4.69, 9.17) is 4.98 Å². The fraction of sp³-hybridized carbons (Fsp3) is 0.750. The first-order chi connectivity index (χ1) is 9.50. The van der Waals surface area contributed by atoms with Crippen LogP contribution in [0, 0.1) is 5.41 Å². The fourth-order valence-electron chi connectivity index (χ4n) is 3.60. The number of ketones is 1. The molecule has 0 unspecified atom stereocenters. The van der Waals surface area contributed by atoms with Gasteiger partial charge in [-0.15, -0.1) is 0 Å². The maximum atomic E-state index is 12.3. The minimum absolute atomic E-state index is 0.0693. The molecule has 0 bridgehead atoms. The van der Waals surface area contributed by atoms with Crippen molar-refractivity contribution in [3.63, 3.8) is 0 Å². The van der Waals surface area contributed by atoms with E-state index in [1.807, 2.05) is 0 Å². The molecule has 0 atom stereocenters. The maximum Gasteiger partial charge on any atom is 0.186 e.